The highest BCUT2D eigenvalue weighted by molar-refractivity contribution is 8.25. The molecule has 1 saturated heterocycles. The molecule has 2 fully saturated rings. The summed E-state index contributed by atoms with van der Waals surface area (Å²) in [5.41, 5.74) is 0. The number of benzene rings is 1. The predicted octanol–water partition coefficient (Wildman–Crippen LogP) is 4.03. The zero-order valence-corrected chi connectivity index (χ0v) is 18.8. The summed E-state index contributed by atoms with van der Waals surface area (Å²) in [6.07, 6.45) is 2.55. The second-order valence-corrected chi connectivity index (χ2v) is 11.8. The molecule has 152 valence electrons. The van der Waals surface area contributed by atoms with E-state index in [-0.39, 0.29) is 0 Å². The van der Waals surface area contributed by atoms with Gasteiger partial charge in [-0.25, -0.2) is 4.99 Å². The predicted molar refractivity (Wildman–Crippen MR) is 128 cm³/mol. The van der Waals surface area contributed by atoms with Crippen LogP contribution in [-0.2, 0) is 0 Å². The molecule has 3 unspecified atom stereocenters. The Morgan fingerprint density at radius 1 is 1.04 bits per heavy atom. The van der Waals surface area contributed by atoms with Gasteiger partial charge in [-0.05, 0) is 48.9 Å². The molecule has 1 saturated carbocycles. The molecule has 3 atom stereocenters. The van der Waals surface area contributed by atoms with Gasteiger partial charge in [-0.1, -0.05) is 25.6 Å². The summed E-state index contributed by atoms with van der Waals surface area (Å²) in [4.78, 5) is 14.4. The van der Waals surface area contributed by atoms with Gasteiger partial charge in [-0.2, -0.15) is 0 Å². The minimum absolute atomic E-state index is 0.556. The van der Waals surface area contributed by atoms with Crippen LogP contribution in [0, 0.1) is 17.8 Å². The summed E-state index contributed by atoms with van der Waals surface area (Å²) in [7, 11) is -1.46. The van der Waals surface area contributed by atoms with Crippen LogP contribution >= 0.6 is 22.0 Å². The summed E-state index contributed by atoms with van der Waals surface area (Å²) in [6, 6.07) is 8.30. The molecule has 28 heavy (non-hydrogen) atoms. The Kier molecular flexibility index (Phi) is 5.64. The zero-order valence-electron chi connectivity index (χ0n) is 17.0. The van der Waals surface area contributed by atoms with Gasteiger partial charge in [-0.3, -0.25) is 9.30 Å². The molecule has 0 N–H and O–H groups in total. The molecule has 6 heteroatoms. The average molecular weight is 417 g/mol. The van der Waals surface area contributed by atoms with Gasteiger partial charge >= 0.3 is 0 Å². The van der Waals surface area contributed by atoms with E-state index in [1.807, 2.05) is 12.1 Å². The summed E-state index contributed by atoms with van der Waals surface area (Å²) in [5.74, 6) is 13.3. The van der Waals surface area contributed by atoms with Crippen molar-refractivity contribution in [2.45, 2.75) is 36.5 Å². The van der Waals surface area contributed by atoms with Gasteiger partial charge < -0.3 is 4.90 Å². The number of aliphatic imine (C=N–C) groups is 2. The standard InChI is InChI=1S/C22H32N4S2/c1-16-13-17(2)20(14-16)22-23-15-21(24-22)25-9-11-26(12-10-25)28(3,4)19-7-5-18(27)6-8-19/h5-8,16-17,20,27H,3-4,9-15H2,1-2H3. The van der Waals surface area contributed by atoms with Crippen LogP contribution in [0.15, 0.2) is 44.0 Å². The molecule has 1 aromatic rings. The van der Waals surface area contributed by atoms with Gasteiger partial charge in [0, 0.05) is 41.9 Å². The van der Waals surface area contributed by atoms with Crippen molar-refractivity contribution in [2.75, 3.05) is 32.7 Å². The molecule has 2 aliphatic heterocycles. The monoisotopic (exact) mass is 416 g/mol. The summed E-state index contributed by atoms with van der Waals surface area (Å²) in [5, 5.41) is 0. The normalized spacial score (nSPS) is 29.1. The Bertz CT molecular complexity index is 878. The maximum atomic E-state index is 4.97. The van der Waals surface area contributed by atoms with E-state index in [1.165, 1.54) is 17.7 Å². The van der Waals surface area contributed by atoms with E-state index >= 15 is 0 Å². The number of amidine groups is 2. The van der Waals surface area contributed by atoms with Crippen LogP contribution in [0.1, 0.15) is 26.7 Å². The first kappa shape index (κ1) is 20.0. The molecule has 2 heterocycles. The molecule has 0 radical (unpaired) electrons. The largest absolute Gasteiger partial charge is 0.356 e. The van der Waals surface area contributed by atoms with Crippen LogP contribution in [-0.4, -0.2) is 65.3 Å². The van der Waals surface area contributed by atoms with Crippen molar-refractivity contribution < 1.29 is 0 Å². The van der Waals surface area contributed by atoms with Gasteiger partial charge in [0.1, 0.15) is 11.7 Å². The first-order valence-electron chi connectivity index (χ1n) is 10.2. The third-order valence-electron chi connectivity index (χ3n) is 6.45. The highest BCUT2D eigenvalue weighted by Gasteiger charge is 2.34. The summed E-state index contributed by atoms with van der Waals surface area (Å²) in [6.45, 7) is 9.35. The van der Waals surface area contributed by atoms with Crippen LogP contribution in [0.4, 0.5) is 0 Å². The Morgan fingerprint density at radius 3 is 2.32 bits per heavy atom. The first-order chi connectivity index (χ1) is 13.3. The molecule has 0 bridgehead atoms. The van der Waals surface area contributed by atoms with Crippen molar-refractivity contribution in [3.05, 3.63) is 24.3 Å². The molecule has 4 nitrogen and oxygen atoms in total. The number of hydrogen-bond donors (Lipinski definition) is 1. The molecule has 0 spiro atoms. The molecular weight excluding hydrogens is 384 g/mol. The smallest absolute Gasteiger partial charge is 0.129 e. The van der Waals surface area contributed by atoms with Gasteiger partial charge in [0.15, 0.2) is 0 Å². The first-order valence-corrected chi connectivity index (χ1v) is 12.6. The molecule has 1 aromatic carbocycles. The lowest BCUT2D eigenvalue weighted by Gasteiger charge is -2.39. The fourth-order valence-corrected chi connectivity index (χ4v) is 6.74. The van der Waals surface area contributed by atoms with Gasteiger partial charge in [0.05, 0.1) is 6.54 Å². The Morgan fingerprint density at radius 2 is 1.71 bits per heavy atom. The molecular formula is C22H32N4S2. The van der Waals surface area contributed by atoms with Crippen LogP contribution < -0.4 is 0 Å². The highest BCUT2D eigenvalue weighted by Crippen LogP contribution is 2.39. The molecule has 0 aromatic heterocycles. The average Bonchev–Trinajstić information content (AvgIpc) is 3.28. The molecule has 0 amide bonds. The Balaban J connectivity index is 1.38. The number of thiol groups is 1. The van der Waals surface area contributed by atoms with Crippen molar-refractivity contribution in [3.8, 4) is 0 Å². The van der Waals surface area contributed by atoms with Gasteiger partial charge in [0.2, 0.25) is 0 Å². The topological polar surface area (TPSA) is 31.2 Å². The minimum atomic E-state index is -1.46. The Hall–Kier alpha value is -1.24. The number of piperazine rings is 1. The highest BCUT2D eigenvalue weighted by atomic mass is 32.2. The molecule has 4 rings (SSSR count). The lowest BCUT2D eigenvalue weighted by atomic mass is 9.97. The Labute approximate surface area is 175 Å². The zero-order chi connectivity index (χ0) is 19.9. The van der Waals surface area contributed by atoms with E-state index in [4.69, 9.17) is 9.98 Å². The van der Waals surface area contributed by atoms with Crippen LogP contribution in [0.3, 0.4) is 0 Å². The van der Waals surface area contributed by atoms with E-state index in [9.17, 15) is 0 Å². The van der Waals surface area contributed by atoms with E-state index in [0.717, 1.165) is 55.2 Å². The minimum Gasteiger partial charge on any atom is -0.356 e. The SMILES string of the molecule is C=S(=C)(c1ccc(S)cc1)N1CCN(C2=NC(C3CC(C)CC3C)=NC2)CC1. The maximum absolute atomic E-state index is 4.97. The number of hydrogen-bond acceptors (Lipinski definition) is 5. The lowest BCUT2D eigenvalue weighted by molar-refractivity contribution is 0.279. The third-order valence-corrected chi connectivity index (χ3v) is 9.25. The second-order valence-electron chi connectivity index (χ2n) is 8.62. The molecule has 3 aliphatic rings. The van der Waals surface area contributed by atoms with E-state index in [2.05, 4.69) is 59.6 Å². The van der Waals surface area contributed by atoms with Crippen molar-refractivity contribution in [2.24, 2.45) is 27.7 Å². The van der Waals surface area contributed by atoms with Crippen molar-refractivity contribution >= 4 is 45.4 Å². The summed E-state index contributed by atoms with van der Waals surface area (Å²) >= 11 is 4.39. The fraction of sp³-hybridized carbons (Fsp3) is 0.545. The van der Waals surface area contributed by atoms with E-state index in [0.29, 0.717) is 11.8 Å². The van der Waals surface area contributed by atoms with Crippen LogP contribution in [0.5, 0.6) is 0 Å². The maximum Gasteiger partial charge on any atom is 0.129 e. The quantitative estimate of drug-likeness (QED) is 0.596. The van der Waals surface area contributed by atoms with E-state index < -0.39 is 9.39 Å². The fourth-order valence-electron chi connectivity index (χ4n) is 4.79. The van der Waals surface area contributed by atoms with Crippen molar-refractivity contribution in [1.82, 2.24) is 9.21 Å². The number of rotatable bonds is 3. The van der Waals surface area contributed by atoms with Crippen molar-refractivity contribution in [3.63, 3.8) is 0 Å². The molecule has 1 aliphatic carbocycles. The number of nitrogens with zero attached hydrogens (tertiary/aromatic N) is 4. The lowest BCUT2D eigenvalue weighted by Crippen LogP contribution is -2.47. The van der Waals surface area contributed by atoms with Crippen LogP contribution in [0.25, 0.3) is 0 Å². The third kappa shape index (κ3) is 3.91. The van der Waals surface area contributed by atoms with Gasteiger partial charge in [-0.15, -0.1) is 22.0 Å². The second kappa shape index (κ2) is 7.88. The van der Waals surface area contributed by atoms with E-state index in [1.54, 1.807) is 0 Å². The summed E-state index contributed by atoms with van der Waals surface area (Å²) < 4.78 is 2.45. The van der Waals surface area contributed by atoms with Gasteiger partial charge in [0.25, 0.3) is 0 Å². The van der Waals surface area contributed by atoms with Crippen molar-refractivity contribution in [1.29, 1.82) is 0 Å². The van der Waals surface area contributed by atoms with Crippen LogP contribution in [0.2, 0.25) is 0 Å².